The fourth-order valence-electron chi connectivity index (χ4n) is 5.19. The zero-order chi connectivity index (χ0) is 24.2. The van der Waals surface area contributed by atoms with E-state index in [9.17, 15) is 0 Å². The Balaban J connectivity index is 1.12. The van der Waals surface area contributed by atoms with Crippen LogP contribution in [0.2, 0.25) is 0 Å². The van der Waals surface area contributed by atoms with E-state index in [2.05, 4.69) is 59.3 Å². The van der Waals surface area contributed by atoms with Gasteiger partial charge in [0, 0.05) is 37.0 Å². The molecule has 0 radical (unpaired) electrons. The fraction of sp³-hybridized carbons (Fsp3) is 0.462. The van der Waals surface area contributed by atoms with Gasteiger partial charge in [0.25, 0.3) is 0 Å². The van der Waals surface area contributed by atoms with Gasteiger partial charge in [-0.25, -0.2) is 19.9 Å². The molecule has 0 amide bonds. The van der Waals surface area contributed by atoms with Crippen LogP contribution in [0.3, 0.4) is 0 Å². The van der Waals surface area contributed by atoms with Gasteiger partial charge in [-0.2, -0.15) is 0 Å². The van der Waals surface area contributed by atoms with Gasteiger partial charge in [-0.05, 0) is 25.8 Å². The molecule has 6 rings (SSSR count). The molecule has 0 spiro atoms. The second-order valence-electron chi connectivity index (χ2n) is 9.35. The summed E-state index contributed by atoms with van der Waals surface area (Å²) in [5.74, 6) is 2.58. The number of anilines is 2. The van der Waals surface area contributed by atoms with Crippen LogP contribution in [0, 0.1) is 0 Å². The molecule has 1 atom stereocenters. The molecule has 2 saturated heterocycles. The summed E-state index contributed by atoms with van der Waals surface area (Å²) in [7, 11) is 0. The Hall–Kier alpha value is -3.50. The number of fused-ring (bicyclic) bond motifs is 2. The van der Waals surface area contributed by atoms with E-state index in [1.165, 1.54) is 0 Å². The number of H-pyrrole nitrogens is 1. The number of pyridine rings is 1. The number of nitrogens with zero attached hydrogens (tertiary/aromatic N) is 6. The number of aromatic nitrogens is 5. The van der Waals surface area contributed by atoms with Crippen molar-refractivity contribution >= 4 is 33.6 Å². The minimum atomic E-state index is 0.219. The summed E-state index contributed by atoms with van der Waals surface area (Å²) in [6.07, 6.45) is 8.32. The van der Waals surface area contributed by atoms with E-state index in [0.29, 0.717) is 6.61 Å². The number of morpholine rings is 1. The summed E-state index contributed by atoms with van der Waals surface area (Å²) in [6.45, 7) is 7.17. The molecular weight excluding hydrogens is 456 g/mol. The number of imidazole rings is 1. The fourth-order valence-corrected chi connectivity index (χ4v) is 5.19. The number of nitrogens with one attached hydrogen (secondary N) is 2. The van der Waals surface area contributed by atoms with E-state index < -0.39 is 0 Å². The number of hydrogen-bond donors (Lipinski definition) is 2. The average molecular weight is 489 g/mol. The van der Waals surface area contributed by atoms with Gasteiger partial charge in [-0.15, -0.1) is 0 Å². The van der Waals surface area contributed by atoms with Crippen LogP contribution in [0.1, 0.15) is 19.3 Å². The van der Waals surface area contributed by atoms with Gasteiger partial charge in [0.1, 0.15) is 30.0 Å². The molecule has 2 aliphatic heterocycles. The first-order valence-electron chi connectivity index (χ1n) is 12.8. The molecule has 0 saturated carbocycles. The van der Waals surface area contributed by atoms with E-state index in [-0.39, 0.29) is 6.04 Å². The molecule has 10 nitrogen and oxygen atoms in total. The maximum atomic E-state index is 6.39. The molecule has 4 aromatic rings. The molecule has 0 bridgehead atoms. The molecule has 1 aromatic carbocycles. The monoisotopic (exact) mass is 488 g/mol. The second-order valence-corrected chi connectivity index (χ2v) is 9.35. The first-order valence-corrected chi connectivity index (χ1v) is 12.8. The van der Waals surface area contributed by atoms with Crippen LogP contribution >= 0.6 is 0 Å². The summed E-state index contributed by atoms with van der Waals surface area (Å²) in [5, 5.41) is 5.69. The van der Waals surface area contributed by atoms with Crippen LogP contribution in [-0.4, -0.2) is 88.4 Å². The first-order chi connectivity index (χ1) is 17.9. The summed E-state index contributed by atoms with van der Waals surface area (Å²) in [6, 6.07) is 8.53. The molecular formula is C26H32N8O2. The molecule has 5 heterocycles. The third-order valence-electron chi connectivity index (χ3n) is 7.08. The SMILES string of the molecule is c1ccc2c(NCCCN3CCOCC3)ncc(OC[C@H]3CCCN3c3ncnc4[nH]cnc34)c2c1. The van der Waals surface area contributed by atoms with Gasteiger partial charge < -0.3 is 24.7 Å². The van der Waals surface area contributed by atoms with E-state index >= 15 is 0 Å². The van der Waals surface area contributed by atoms with Gasteiger partial charge in [0.15, 0.2) is 11.5 Å². The molecule has 0 unspecified atom stereocenters. The molecule has 188 valence electrons. The Morgan fingerprint density at radius 3 is 2.86 bits per heavy atom. The second kappa shape index (κ2) is 10.6. The van der Waals surface area contributed by atoms with Crippen LogP contribution in [0.25, 0.3) is 21.9 Å². The van der Waals surface area contributed by atoms with Crippen LogP contribution in [-0.2, 0) is 4.74 Å². The smallest absolute Gasteiger partial charge is 0.162 e. The first kappa shape index (κ1) is 22.9. The van der Waals surface area contributed by atoms with Crippen molar-refractivity contribution in [2.24, 2.45) is 0 Å². The molecule has 3 aromatic heterocycles. The summed E-state index contributed by atoms with van der Waals surface area (Å²) < 4.78 is 11.8. The lowest BCUT2D eigenvalue weighted by atomic mass is 10.1. The number of hydrogen-bond acceptors (Lipinski definition) is 9. The quantitative estimate of drug-likeness (QED) is 0.344. The largest absolute Gasteiger partial charge is 0.489 e. The molecule has 10 heteroatoms. The van der Waals surface area contributed by atoms with Gasteiger partial charge in [-0.3, -0.25) is 4.90 Å². The lowest BCUT2D eigenvalue weighted by Crippen LogP contribution is -2.37. The Labute approximate surface area is 210 Å². The van der Waals surface area contributed by atoms with Gasteiger partial charge >= 0.3 is 0 Å². The Bertz CT molecular complexity index is 1310. The predicted octanol–water partition coefficient (Wildman–Crippen LogP) is 3.08. The zero-order valence-electron chi connectivity index (χ0n) is 20.4. The maximum Gasteiger partial charge on any atom is 0.162 e. The summed E-state index contributed by atoms with van der Waals surface area (Å²) in [4.78, 5) is 25.8. The van der Waals surface area contributed by atoms with E-state index in [1.54, 1.807) is 12.7 Å². The van der Waals surface area contributed by atoms with Gasteiger partial charge in [0.2, 0.25) is 0 Å². The molecule has 2 N–H and O–H groups in total. The minimum Gasteiger partial charge on any atom is -0.489 e. The van der Waals surface area contributed by atoms with Crippen molar-refractivity contribution in [3.8, 4) is 5.75 Å². The van der Waals surface area contributed by atoms with Crippen LogP contribution in [0.4, 0.5) is 11.6 Å². The van der Waals surface area contributed by atoms with Crippen molar-refractivity contribution in [2.45, 2.75) is 25.3 Å². The normalized spacial score (nSPS) is 18.8. The topological polar surface area (TPSA) is 104 Å². The number of ether oxygens (including phenoxy) is 2. The third kappa shape index (κ3) is 4.78. The highest BCUT2D eigenvalue weighted by atomic mass is 16.5. The third-order valence-corrected chi connectivity index (χ3v) is 7.08. The average Bonchev–Trinajstić information content (AvgIpc) is 3.60. The molecule has 2 aliphatic rings. The van der Waals surface area contributed by atoms with Crippen molar-refractivity contribution < 1.29 is 9.47 Å². The molecule has 0 aliphatic carbocycles. The zero-order valence-corrected chi connectivity index (χ0v) is 20.4. The van der Waals surface area contributed by atoms with Crippen molar-refractivity contribution in [2.75, 3.05) is 62.8 Å². The number of rotatable bonds is 9. The maximum absolute atomic E-state index is 6.39. The van der Waals surface area contributed by atoms with E-state index in [4.69, 9.17) is 14.5 Å². The van der Waals surface area contributed by atoms with Gasteiger partial charge in [0.05, 0.1) is 31.8 Å². The summed E-state index contributed by atoms with van der Waals surface area (Å²) in [5.41, 5.74) is 1.57. The van der Waals surface area contributed by atoms with Crippen LogP contribution < -0.4 is 15.0 Å². The lowest BCUT2D eigenvalue weighted by molar-refractivity contribution is 0.0378. The predicted molar refractivity (Wildman–Crippen MR) is 140 cm³/mol. The number of aromatic amines is 1. The van der Waals surface area contributed by atoms with Crippen molar-refractivity contribution in [3.63, 3.8) is 0 Å². The highest BCUT2D eigenvalue weighted by Gasteiger charge is 2.28. The van der Waals surface area contributed by atoms with E-state index in [1.807, 2.05) is 6.20 Å². The highest BCUT2D eigenvalue weighted by Crippen LogP contribution is 2.32. The molecule has 2 fully saturated rings. The Kier molecular flexibility index (Phi) is 6.77. The number of benzene rings is 1. The lowest BCUT2D eigenvalue weighted by Gasteiger charge is -2.26. The molecule has 36 heavy (non-hydrogen) atoms. The van der Waals surface area contributed by atoms with Crippen LogP contribution in [0.5, 0.6) is 5.75 Å². The standard InChI is InChI=1S/C26H32N8O2/c1-2-7-21-20(6-1)22(15-28-24(21)27-8-4-9-33-11-13-35-14-12-33)36-16-19-5-3-10-34(19)26-23-25(30-17-29-23)31-18-32-26/h1-2,6-7,15,17-19H,3-5,8-14,16H2,(H,27,28)(H,29,30,31,32)/t19-/m1/s1. The highest BCUT2D eigenvalue weighted by molar-refractivity contribution is 5.95. The van der Waals surface area contributed by atoms with Crippen molar-refractivity contribution in [1.82, 2.24) is 29.8 Å². The van der Waals surface area contributed by atoms with Crippen LogP contribution in [0.15, 0.2) is 43.1 Å². The van der Waals surface area contributed by atoms with Gasteiger partial charge in [-0.1, -0.05) is 24.3 Å². The van der Waals surface area contributed by atoms with E-state index in [0.717, 1.165) is 105 Å². The van der Waals surface area contributed by atoms with Crippen molar-refractivity contribution in [1.29, 1.82) is 0 Å². The minimum absolute atomic E-state index is 0.219. The summed E-state index contributed by atoms with van der Waals surface area (Å²) >= 11 is 0. The van der Waals surface area contributed by atoms with Crippen molar-refractivity contribution in [3.05, 3.63) is 43.1 Å². The Morgan fingerprint density at radius 1 is 1.06 bits per heavy atom. The Morgan fingerprint density at radius 2 is 1.94 bits per heavy atom.